The predicted octanol–water partition coefficient (Wildman–Crippen LogP) is 2.94. The highest BCUT2D eigenvalue weighted by Gasteiger charge is 2.39. The molecule has 1 aliphatic rings. The van der Waals surface area contributed by atoms with Gasteiger partial charge < -0.3 is 5.32 Å². The maximum atomic E-state index is 4.29. The van der Waals surface area contributed by atoms with Crippen LogP contribution in [0.5, 0.6) is 0 Å². The van der Waals surface area contributed by atoms with Gasteiger partial charge in [-0.15, -0.1) is 0 Å². The number of benzene rings is 1. The fourth-order valence-electron chi connectivity index (χ4n) is 3.10. The third-order valence-electron chi connectivity index (χ3n) is 4.41. The lowest BCUT2D eigenvalue weighted by Crippen LogP contribution is -2.39. The molecule has 2 aromatic rings. The average molecular weight is 252 g/mol. The van der Waals surface area contributed by atoms with Gasteiger partial charge in [0, 0.05) is 23.9 Å². The van der Waals surface area contributed by atoms with E-state index in [1.807, 2.05) is 18.5 Å². The lowest BCUT2D eigenvalue weighted by molar-refractivity contribution is 0.398. The summed E-state index contributed by atoms with van der Waals surface area (Å²) in [4.78, 5) is 4.29. The molecule has 1 saturated heterocycles. The topological polar surface area (TPSA) is 24.9 Å². The van der Waals surface area contributed by atoms with Gasteiger partial charge in [-0.3, -0.25) is 4.98 Å². The first-order chi connectivity index (χ1) is 9.29. The normalized spacial score (nSPS) is 26.5. The van der Waals surface area contributed by atoms with E-state index in [1.165, 1.54) is 17.5 Å². The third-order valence-corrected chi connectivity index (χ3v) is 4.41. The van der Waals surface area contributed by atoms with Gasteiger partial charge in [-0.25, -0.2) is 0 Å². The van der Waals surface area contributed by atoms with E-state index in [4.69, 9.17) is 0 Å². The van der Waals surface area contributed by atoms with Crippen LogP contribution in [0, 0.1) is 0 Å². The van der Waals surface area contributed by atoms with Crippen LogP contribution < -0.4 is 5.32 Å². The van der Waals surface area contributed by atoms with E-state index in [9.17, 15) is 0 Å². The van der Waals surface area contributed by atoms with Crippen molar-refractivity contribution in [3.05, 3.63) is 66.0 Å². The summed E-state index contributed by atoms with van der Waals surface area (Å²) in [6.45, 7) is 3.44. The molecule has 2 heteroatoms. The lowest BCUT2D eigenvalue weighted by atomic mass is 9.75. The molecule has 1 aromatic carbocycles. The minimum Gasteiger partial charge on any atom is -0.313 e. The molecule has 1 fully saturated rings. The lowest BCUT2D eigenvalue weighted by Gasteiger charge is -2.31. The standard InChI is InChI=1S/C17H20N2/c1-17(15-8-5-10-18-13-15)9-11-19-16(17)12-14-6-3-2-4-7-14/h2-8,10,13,16,19H,9,11-12H2,1H3. The molecule has 1 N–H and O–H groups in total. The molecule has 98 valence electrons. The van der Waals surface area contributed by atoms with Crippen molar-refractivity contribution in [1.29, 1.82) is 0 Å². The second-order valence-electron chi connectivity index (χ2n) is 5.61. The largest absolute Gasteiger partial charge is 0.313 e. The Kier molecular flexibility index (Phi) is 3.34. The second kappa shape index (κ2) is 5.14. The molecule has 19 heavy (non-hydrogen) atoms. The molecule has 2 nitrogen and oxygen atoms in total. The molecule has 0 saturated carbocycles. The Balaban J connectivity index is 1.85. The number of pyridine rings is 1. The Labute approximate surface area is 114 Å². The first kappa shape index (κ1) is 12.4. The maximum Gasteiger partial charge on any atom is 0.0306 e. The summed E-state index contributed by atoms with van der Waals surface area (Å²) in [7, 11) is 0. The van der Waals surface area contributed by atoms with Crippen LogP contribution in [0.15, 0.2) is 54.9 Å². The van der Waals surface area contributed by atoms with E-state index < -0.39 is 0 Å². The average Bonchev–Trinajstić information content (AvgIpc) is 2.84. The first-order valence-electron chi connectivity index (χ1n) is 6.97. The van der Waals surface area contributed by atoms with E-state index >= 15 is 0 Å². The Morgan fingerprint density at radius 1 is 1.21 bits per heavy atom. The van der Waals surface area contributed by atoms with Crippen molar-refractivity contribution < 1.29 is 0 Å². The Hall–Kier alpha value is -1.67. The fourth-order valence-corrected chi connectivity index (χ4v) is 3.10. The summed E-state index contributed by atoms with van der Waals surface area (Å²) in [6.07, 6.45) is 6.12. The molecular weight excluding hydrogens is 232 g/mol. The molecular formula is C17H20N2. The van der Waals surface area contributed by atoms with Crippen molar-refractivity contribution in [1.82, 2.24) is 10.3 Å². The first-order valence-corrected chi connectivity index (χ1v) is 6.97. The maximum absolute atomic E-state index is 4.29. The number of nitrogens with zero attached hydrogens (tertiary/aromatic N) is 1. The third kappa shape index (κ3) is 2.41. The van der Waals surface area contributed by atoms with Gasteiger partial charge in [0.2, 0.25) is 0 Å². The molecule has 0 amide bonds. The Morgan fingerprint density at radius 2 is 2.05 bits per heavy atom. The molecule has 0 spiro atoms. The molecule has 0 bridgehead atoms. The van der Waals surface area contributed by atoms with Gasteiger partial charge >= 0.3 is 0 Å². The number of hydrogen-bond acceptors (Lipinski definition) is 2. The number of rotatable bonds is 3. The van der Waals surface area contributed by atoms with Gasteiger partial charge in [-0.05, 0) is 36.6 Å². The number of nitrogens with one attached hydrogen (secondary N) is 1. The van der Waals surface area contributed by atoms with E-state index in [1.54, 1.807) is 0 Å². The van der Waals surface area contributed by atoms with Crippen LogP contribution in [0.25, 0.3) is 0 Å². The molecule has 1 aromatic heterocycles. The number of aromatic nitrogens is 1. The van der Waals surface area contributed by atoms with E-state index in [0.717, 1.165) is 13.0 Å². The zero-order chi connectivity index (χ0) is 13.1. The SMILES string of the molecule is CC1(c2cccnc2)CCNC1Cc1ccccc1. The Bertz CT molecular complexity index is 523. The molecule has 1 aliphatic heterocycles. The van der Waals surface area contributed by atoms with Crippen molar-refractivity contribution in [2.24, 2.45) is 0 Å². The van der Waals surface area contributed by atoms with Crippen LogP contribution in [0.3, 0.4) is 0 Å². The summed E-state index contributed by atoms with van der Waals surface area (Å²) in [5.41, 5.74) is 2.93. The highest BCUT2D eigenvalue weighted by molar-refractivity contribution is 5.28. The van der Waals surface area contributed by atoms with Gasteiger partial charge in [0.25, 0.3) is 0 Å². The molecule has 0 radical (unpaired) electrons. The summed E-state index contributed by atoms with van der Waals surface area (Å²) in [5, 5.41) is 3.67. The zero-order valence-electron chi connectivity index (χ0n) is 11.3. The van der Waals surface area contributed by atoms with Crippen LogP contribution in [-0.4, -0.2) is 17.6 Å². The van der Waals surface area contributed by atoms with Crippen molar-refractivity contribution in [3.63, 3.8) is 0 Å². The number of hydrogen-bond donors (Lipinski definition) is 1. The summed E-state index contributed by atoms with van der Waals surface area (Å²) in [5.74, 6) is 0. The second-order valence-corrected chi connectivity index (χ2v) is 5.61. The molecule has 2 atom stereocenters. The van der Waals surface area contributed by atoms with Crippen LogP contribution in [0.2, 0.25) is 0 Å². The van der Waals surface area contributed by atoms with Gasteiger partial charge in [-0.2, -0.15) is 0 Å². The van der Waals surface area contributed by atoms with Crippen LogP contribution in [0.4, 0.5) is 0 Å². The van der Waals surface area contributed by atoms with E-state index in [-0.39, 0.29) is 5.41 Å². The molecule has 0 aliphatic carbocycles. The highest BCUT2D eigenvalue weighted by Crippen LogP contribution is 2.36. The fraction of sp³-hybridized carbons (Fsp3) is 0.353. The van der Waals surface area contributed by atoms with Crippen molar-refractivity contribution >= 4 is 0 Å². The van der Waals surface area contributed by atoms with Gasteiger partial charge in [0.1, 0.15) is 0 Å². The summed E-state index contributed by atoms with van der Waals surface area (Å²) in [6, 6.07) is 15.5. The van der Waals surface area contributed by atoms with Crippen molar-refractivity contribution in [3.8, 4) is 0 Å². The summed E-state index contributed by atoms with van der Waals surface area (Å²) < 4.78 is 0. The molecule has 2 heterocycles. The molecule has 2 unspecified atom stereocenters. The monoisotopic (exact) mass is 252 g/mol. The zero-order valence-corrected chi connectivity index (χ0v) is 11.3. The van der Waals surface area contributed by atoms with E-state index in [0.29, 0.717) is 6.04 Å². The van der Waals surface area contributed by atoms with Gasteiger partial charge in [0.15, 0.2) is 0 Å². The predicted molar refractivity (Wildman–Crippen MR) is 78.1 cm³/mol. The van der Waals surface area contributed by atoms with Gasteiger partial charge in [0.05, 0.1) is 0 Å². The van der Waals surface area contributed by atoms with Crippen LogP contribution in [-0.2, 0) is 11.8 Å². The van der Waals surface area contributed by atoms with Crippen LogP contribution in [0.1, 0.15) is 24.5 Å². The minimum atomic E-state index is 0.185. The quantitative estimate of drug-likeness (QED) is 0.908. The van der Waals surface area contributed by atoms with Crippen LogP contribution >= 0.6 is 0 Å². The molecule has 3 rings (SSSR count). The van der Waals surface area contributed by atoms with Crippen molar-refractivity contribution in [2.45, 2.75) is 31.2 Å². The minimum absolute atomic E-state index is 0.185. The summed E-state index contributed by atoms with van der Waals surface area (Å²) >= 11 is 0. The Morgan fingerprint density at radius 3 is 2.79 bits per heavy atom. The smallest absolute Gasteiger partial charge is 0.0306 e. The highest BCUT2D eigenvalue weighted by atomic mass is 15.0. The van der Waals surface area contributed by atoms with Gasteiger partial charge in [-0.1, -0.05) is 43.3 Å². The van der Waals surface area contributed by atoms with E-state index in [2.05, 4.69) is 53.6 Å². The van der Waals surface area contributed by atoms with Crippen molar-refractivity contribution in [2.75, 3.05) is 6.54 Å².